The Balaban J connectivity index is 2.07. The molecular weight excluding hydrogens is 302 g/mol. The molecule has 6 heteroatoms. The van der Waals surface area contributed by atoms with Crippen LogP contribution in [-0.2, 0) is 6.54 Å². The Hall–Kier alpha value is -1.27. The third-order valence-electron chi connectivity index (χ3n) is 2.20. The molecule has 0 atom stereocenters. The van der Waals surface area contributed by atoms with E-state index in [2.05, 4.69) is 25.9 Å². The third-order valence-corrected chi connectivity index (χ3v) is 3.31. The van der Waals surface area contributed by atoms with E-state index in [9.17, 15) is 4.79 Å². The standard InChI is InChI=1S/C11H10BrN3OS/c1-15(5-9-6-17-7-14-9)11(16)8-2-3-10(12)13-4-8/h2-4,6-7H,5H2,1H3. The molecule has 0 radical (unpaired) electrons. The Kier molecular flexibility index (Phi) is 3.86. The number of rotatable bonds is 3. The quantitative estimate of drug-likeness (QED) is 0.818. The Morgan fingerprint density at radius 2 is 2.29 bits per heavy atom. The van der Waals surface area contributed by atoms with Crippen molar-refractivity contribution in [3.63, 3.8) is 0 Å². The lowest BCUT2D eigenvalue weighted by molar-refractivity contribution is 0.0783. The van der Waals surface area contributed by atoms with Crippen molar-refractivity contribution >= 4 is 33.2 Å². The van der Waals surface area contributed by atoms with Crippen molar-refractivity contribution in [2.75, 3.05) is 7.05 Å². The molecule has 1 amide bonds. The van der Waals surface area contributed by atoms with Gasteiger partial charge in [-0.1, -0.05) is 0 Å². The summed E-state index contributed by atoms with van der Waals surface area (Å²) in [6, 6.07) is 3.50. The van der Waals surface area contributed by atoms with Gasteiger partial charge in [0, 0.05) is 18.6 Å². The predicted molar refractivity (Wildman–Crippen MR) is 69.8 cm³/mol. The molecule has 0 aromatic carbocycles. The average Bonchev–Trinajstić information content (AvgIpc) is 2.82. The Bertz CT molecular complexity index is 498. The van der Waals surface area contributed by atoms with Gasteiger partial charge in [-0.3, -0.25) is 4.79 Å². The molecule has 0 fully saturated rings. The minimum atomic E-state index is -0.0574. The van der Waals surface area contributed by atoms with Gasteiger partial charge >= 0.3 is 0 Å². The van der Waals surface area contributed by atoms with Gasteiger partial charge in [-0.25, -0.2) is 9.97 Å². The van der Waals surface area contributed by atoms with E-state index in [4.69, 9.17) is 0 Å². The zero-order valence-electron chi connectivity index (χ0n) is 9.13. The van der Waals surface area contributed by atoms with Crippen molar-refractivity contribution in [3.05, 3.63) is 45.1 Å². The van der Waals surface area contributed by atoms with Crippen LogP contribution in [0.2, 0.25) is 0 Å². The lowest BCUT2D eigenvalue weighted by Gasteiger charge is -2.15. The lowest BCUT2D eigenvalue weighted by atomic mass is 10.2. The highest BCUT2D eigenvalue weighted by molar-refractivity contribution is 9.10. The molecule has 2 aromatic rings. The van der Waals surface area contributed by atoms with Gasteiger partial charge in [0.15, 0.2) is 0 Å². The number of halogens is 1. The van der Waals surface area contributed by atoms with E-state index >= 15 is 0 Å². The van der Waals surface area contributed by atoms with Crippen LogP contribution < -0.4 is 0 Å². The van der Waals surface area contributed by atoms with Gasteiger partial charge in [0.2, 0.25) is 0 Å². The van der Waals surface area contributed by atoms with Gasteiger partial charge in [-0.15, -0.1) is 11.3 Å². The molecule has 0 N–H and O–H groups in total. The summed E-state index contributed by atoms with van der Waals surface area (Å²) >= 11 is 4.76. The molecule has 4 nitrogen and oxygen atoms in total. The molecule has 0 aliphatic rings. The van der Waals surface area contributed by atoms with Gasteiger partial charge < -0.3 is 4.90 Å². The van der Waals surface area contributed by atoms with E-state index in [0.29, 0.717) is 12.1 Å². The summed E-state index contributed by atoms with van der Waals surface area (Å²) in [4.78, 5) is 21.8. The normalized spacial score (nSPS) is 10.2. The Labute approximate surface area is 111 Å². The fraction of sp³-hybridized carbons (Fsp3) is 0.182. The topological polar surface area (TPSA) is 46.1 Å². The number of hydrogen-bond acceptors (Lipinski definition) is 4. The molecule has 0 aliphatic heterocycles. The van der Waals surface area contributed by atoms with Crippen molar-refractivity contribution in [1.82, 2.24) is 14.9 Å². The molecule has 17 heavy (non-hydrogen) atoms. The van der Waals surface area contributed by atoms with Gasteiger partial charge in [0.05, 0.1) is 23.3 Å². The fourth-order valence-electron chi connectivity index (χ4n) is 1.35. The maximum Gasteiger partial charge on any atom is 0.255 e. The van der Waals surface area contributed by atoms with Crippen molar-refractivity contribution in [1.29, 1.82) is 0 Å². The van der Waals surface area contributed by atoms with Crippen molar-refractivity contribution < 1.29 is 4.79 Å². The second-order valence-electron chi connectivity index (χ2n) is 3.51. The minimum absolute atomic E-state index is 0.0574. The summed E-state index contributed by atoms with van der Waals surface area (Å²) < 4.78 is 0.719. The first-order chi connectivity index (χ1) is 8.16. The second-order valence-corrected chi connectivity index (χ2v) is 5.04. The van der Waals surface area contributed by atoms with Gasteiger partial charge in [0.1, 0.15) is 4.60 Å². The molecule has 0 bridgehead atoms. The van der Waals surface area contributed by atoms with Crippen LogP contribution >= 0.6 is 27.3 Å². The zero-order valence-corrected chi connectivity index (χ0v) is 11.5. The van der Waals surface area contributed by atoms with E-state index < -0.39 is 0 Å². The number of pyridine rings is 1. The van der Waals surface area contributed by atoms with Gasteiger partial charge in [-0.05, 0) is 28.1 Å². The number of carbonyl (C=O) groups excluding carboxylic acids is 1. The Morgan fingerprint density at radius 1 is 1.47 bits per heavy atom. The first kappa shape index (κ1) is 12.2. The SMILES string of the molecule is CN(Cc1cscn1)C(=O)c1ccc(Br)nc1. The van der Waals surface area contributed by atoms with Crippen molar-refractivity contribution in [3.8, 4) is 0 Å². The van der Waals surface area contributed by atoms with Crippen LogP contribution in [0, 0.1) is 0 Å². The number of carbonyl (C=O) groups is 1. The summed E-state index contributed by atoms with van der Waals surface area (Å²) in [5, 5.41) is 1.93. The number of amides is 1. The van der Waals surface area contributed by atoms with E-state index in [1.165, 1.54) is 11.3 Å². The van der Waals surface area contributed by atoms with Crippen LogP contribution in [0.1, 0.15) is 16.1 Å². The number of thiazole rings is 1. The molecule has 0 unspecified atom stereocenters. The number of nitrogens with zero attached hydrogens (tertiary/aromatic N) is 3. The largest absolute Gasteiger partial charge is 0.336 e. The minimum Gasteiger partial charge on any atom is -0.336 e. The van der Waals surface area contributed by atoms with E-state index in [1.54, 1.807) is 35.8 Å². The molecule has 2 aromatic heterocycles. The average molecular weight is 312 g/mol. The summed E-state index contributed by atoms with van der Waals surface area (Å²) in [5.41, 5.74) is 3.23. The van der Waals surface area contributed by atoms with Crippen molar-refractivity contribution in [2.45, 2.75) is 6.54 Å². The van der Waals surface area contributed by atoms with Crippen LogP contribution in [0.5, 0.6) is 0 Å². The van der Waals surface area contributed by atoms with E-state index in [-0.39, 0.29) is 5.91 Å². The molecule has 0 saturated carbocycles. The molecule has 88 valence electrons. The summed E-state index contributed by atoms with van der Waals surface area (Å²) in [6.07, 6.45) is 1.56. The maximum atomic E-state index is 12.0. The van der Waals surface area contributed by atoms with Crippen LogP contribution in [0.25, 0.3) is 0 Å². The highest BCUT2D eigenvalue weighted by Crippen LogP contribution is 2.10. The first-order valence-electron chi connectivity index (χ1n) is 4.91. The van der Waals surface area contributed by atoms with Crippen molar-refractivity contribution in [2.24, 2.45) is 0 Å². The lowest BCUT2D eigenvalue weighted by Crippen LogP contribution is -2.26. The summed E-state index contributed by atoms with van der Waals surface area (Å²) in [7, 11) is 1.75. The fourth-order valence-corrected chi connectivity index (χ4v) is 2.14. The molecule has 2 rings (SSSR count). The maximum absolute atomic E-state index is 12.0. The molecular formula is C11H10BrN3OS. The summed E-state index contributed by atoms with van der Waals surface area (Å²) in [6.45, 7) is 0.512. The molecule has 0 aliphatic carbocycles. The van der Waals surface area contributed by atoms with E-state index in [0.717, 1.165) is 10.3 Å². The number of aromatic nitrogens is 2. The number of hydrogen-bond donors (Lipinski definition) is 0. The second kappa shape index (κ2) is 5.37. The van der Waals surface area contributed by atoms with Crippen LogP contribution in [-0.4, -0.2) is 27.8 Å². The van der Waals surface area contributed by atoms with Crippen LogP contribution in [0.4, 0.5) is 0 Å². The monoisotopic (exact) mass is 311 g/mol. The van der Waals surface area contributed by atoms with Crippen LogP contribution in [0.3, 0.4) is 0 Å². The molecule has 0 saturated heterocycles. The first-order valence-corrected chi connectivity index (χ1v) is 6.64. The Morgan fingerprint density at radius 3 is 2.88 bits per heavy atom. The van der Waals surface area contributed by atoms with Gasteiger partial charge in [-0.2, -0.15) is 0 Å². The summed E-state index contributed by atoms with van der Waals surface area (Å²) in [5.74, 6) is -0.0574. The third kappa shape index (κ3) is 3.10. The highest BCUT2D eigenvalue weighted by atomic mass is 79.9. The smallest absolute Gasteiger partial charge is 0.255 e. The zero-order chi connectivity index (χ0) is 12.3. The highest BCUT2D eigenvalue weighted by Gasteiger charge is 2.12. The van der Waals surface area contributed by atoms with Gasteiger partial charge in [0.25, 0.3) is 5.91 Å². The van der Waals surface area contributed by atoms with E-state index in [1.807, 2.05) is 5.38 Å². The molecule has 2 heterocycles. The van der Waals surface area contributed by atoms with Crippen LogP contribution in [0.15, 0.2) is 33.8 Å². The molecule has 0 spiro atoms. The predicted octanol–water partition coefficient (Wildman–Crippen LogP) is 2.57.